The van der Waals surface area contributed by atoms with Gasteiger partial charge in [0, 0.05) is 17.6 Å². The first-order chi connectivity index (χ1) is 8.04. The van der Waals surface area contributed by atoms with Crippen LogP contribution in [-0.4, -0.2) is 24.5 Å². The summed E-state index contributed by atoms with van der Waals surface area (Å²) in [5.41, 5.74) is 0.816. The number of anilines is 1. The van der Waals surface area contributed by atoms with Gasteiger partial charge in [0.2, 0.25) is 5.91 Å². The Hall–Kier alpha value is -1.29. The van der Waals surface area contributed by atoms with Crippen LogP contribution in [0.4, 0.5) is 5.69 Å². The van der Waals surface area contributed by atoms with E-state index >= 15 is 0 Å². The summed E-state index contributed by atoms with van der Waals surface area (Å²) in [6, 6.07) is 7.77. The maximum Gasteiger partial charge on any atom is 0.234 e. The Morgan fingerprint density at radius 1 is 1.24 bits per heavy atom. The van der Waals surface area contributed by atoms with Crippen molar-refractivity contribution in [3.8, 4) is 0 Å². The number of carbonyl (C=O) groups is 2. The highest BCUT2D eigenvalue weighted by Crippen LogP contribution is 2.21. The van der Waals surface area contributed by atoms with Gasteiger partial charge in [-0.25, -0.2) is 0 Å². The van der Waals surface area contributed by atoms with Crippen LogP contribution in [0.1, 0.15) is 20.3 Å². The zero-order valence-electron chi connectivity index (χ0n) is 10.4. The first kappa shape index (κ1) is 13.8. The van der Waals surface area contributed by atoms with Crippen LogP contribution in [0, 0.1) is 0 Å². The summed E-state index contributed by atoms with van der Waals surface area (Å²) < 4.78 is 0. The van der Waals surface area contributed by atoms with Crippen LogP contribution in [0.2, 0.25) is 0 Å². The van der Waals surface area contributed by atoms with Gasteiger partial charge in [-0.15, -0.1) is 11.8 Å². The number of thioether (sulfide) groups is 1. The number of nitrogens with zero attached hydrogens (tertiary/aromatic N) is 1. The van der Waals surface area contributed by atoms with E-state index in [1.807, 2.05) is 24.3 Å². The second-order valence-electron chi connectivity index (χ2n) is 3.76. The first-order valence-electron chi connectivity index (χ1n) is 5.53. The SMILES string of the molecule is CCSc1ccc(N(C)C(=O)CC(C)=O)cc1. The van der Waals surface area contributed by atoms with Gasteiger partial charge in [0.1, 0.15) is 5.78 Å². The van der Waals surface area contributed by atoms with Crippen LogP contribution in [-0.2, 0) is 9.59 Å². The second kappa shape index (κ2) is 6.45. The van der Waals surface area contributed by atoms with E-state index in [9.17, 15) is 9.59 Å². The van der Waals surface area contributed by atoms with Gasteiger partial charge in [0.25, 0.3) is 0 Å². The van der Waals surface area contributed by atoms with Crippen molar-refractivity contribution in [1.82, 2.24) is 0 Å². The molecular formula is C13H17NO2S. The van der Waals surface area contributed by atoms with Gasteiger partial charge in [-0.3, -0.25) is 9.59 Å². The summed E-state index contributed by atoms with van der Waals surface area (Å²) in [6.45, 7) is 3.52. The summed E-state index contributed by atoms with van der Waals surface area (Å²) >= 11 is 1.76. The second-order valence-corrected chi connectivity index (χ2v) is 5.10. The van der Waals surface area contributed by atoms with Crippen LogP contribution >= 0.6 is 11.8 Å². The number of benzene rings is 1. The summed E-state index contributed by atoms with van der Waals surface area (Å²) in [4.78, 5) is 25.2. The summed E-state index contributed by atoms with van der Waals surface area (Å²) in [6.07, 6.45) is -0.0397. The Morgan fingerprint density at radius 3 is 2.29 bits per heavy atom. The molecule has 0 saturated heterocycles. The van der Waals surface area contributed by atoms with E-state index < -0.39 is 0 Å². The number of amides is 1. The van der Waals surface area contributed by atoms with Gasteiger partial charge in [-0.1, -0.05) is 6.92 Å². The third kappa shape index (κ3) is 4.23. The van der Waals surface area contributed by atoms with Crippen molar-refractivity contribution >= 4 is 29.1 Å². The minimum atomic E-state index is -0.173. The smallest absolute Gasteiger partial charge is 0.234 e. The van der Waals surface area contributed by atoms with E-state index in [0.717, 1.165) is 11.4 Å². The van der Waals surface area contributed by atoms with Crippen molar-refractivity contribution in [2.24, 2.45) is 0 Å². The molecule has 0 aliphatic heterocycles. The fourth-order valence-corrected chi connectivity index (χ4v) is 2.07. The van der Waals surface area contributed by atoms with E-state index in [1.165, 1.54) is 16.7 Å². The van der Waals surface area contributed by atoms with Crippen molar-refractivity contribution in [1.29, 1.82) is 0 Å². The lowest BCUT2D eigenvalue weighted by atomic mass is 10.2. The van der Waals surface area contributed by atoms with E-state index in [2.05, 4.69) is 6.92 Å². The molecule has 0 atom stereocenters. The summed E-state index contributed by atoms with van der Waals surface area (Å²) in [5.74, 6) is 0.742. The molecule has 0 N–H and O–H groups in total. The molecule has 3 nitrogen and oxygen atoms in total. The van der Waals surface area contributed by atoms with E-state index in [0.29, 0.717) is 0 Å². The lowest BCUT2D eigenvalue weighted by Crippen LogP contribution is -2.27. The monoisotopic (exact) mass is 251 g/mol. The van der Waals surface area contributed by atoms with Gasteiger partial charge in [0.15, 0.2) is 0 Å². The quantitative estimate of drug-likeness (QED) is 0.596. The number of Topliss-reactive ketones (excluding diaryl/α,β-unsaturated/α-hetero) is 1. The Bertz CT molecular complexity index is 400. The maximum atomic E-state index is 11.7. The largest absolute Gasteiger partial charge is 0.315 e. The fourth-order valence-electron chi connectivity index (χ4n) is 1.41. The van der Waals surface area contributed by atoms with Gasteiger partial charge >= 0.3 is 0 Å². The van der Waals surface area contributed by atoms with Crippen molar-refractivity contribution < 1.29 is 9.59 Å². The molecule has 0 unspecified atom stereocenters. The standard InChI is InChI=1S/C13H17NO2S/c1-4-17-12-7-5-11(6-8-12)14(3)13(16)9-10(2)15/h5-8H,4,9H2,1-3H3. The maximum absolute atomic E-state index is 11.7. The Balaban J connectivity index is 2.72. The van der Waals surface area contributed by atoms with Gasteiger partial charge < -0.3 is 4.90 Å². The molecule has 0 aromatic heterocycles. The van der Waals surface area contributed by atoms with Crippen LogP contribution < -0.4 is 4.90 Å². The predicted octanol–water partition coefficient (Wildman–Crippen LogP) is 2.74. The molecule has 1 aromatic carbocycles. The summed E-state index contributed by atoms with van der Waals surface area (Å²) in [5, 5.41) is 0. The van der Waals surface area contributed by atoms with Crippen molar-refractivity contribution in [3.63, 3.8) is 0 Å². The highest BCUT2D eigenvalue weighted by molar-refractivity contribution is 7.99. The number of hydrogen-bond donors (Lipinski definition) is 0. The van der Waals surface area contributed by atoms with E-state index in [1.54, 1.807) is 18.8 Å². The molecule has 0 aliphatic carbocycles. The Morgan fingerprint density at radius 2 is 1.82 bits per heavy atom. The minimum absolute atomic E-state index is 0.0397. The lowest BCUT2D eigenvalue weighted by Gasteiger charge is -2.16. The molecule has 0 heterocycles. The molecule has 0 spiro atoms. The predicted molar refractivity (Wildman–Crippen MR) is 71.5 cm³/mol. The molecule has 0 aliphatic rings. The molecule has 0 radical (unpaired) electrons. The normalized spacial score (nSPS) is 10.1. The van der Waals surface area contributed by atoms with Crippen LogP contribution in [0.3, 0.4) is 0 Å². The number of hydrogen-bond acceptors (Lipinski definition) is 3. The molecule has 17 heavy (non-hydrogen) atoms. The molecule has 1 rings (SSSR count). The van der Waals surface area contributed by atoms with Gasteiger partial charge in [-0.05, 0) is 36.9 Å². The molecule has 0 saturated carbocycles. The molecule has 92 valence electrons. The van der Waals surface area contributed by atoms with Crippen molar-refractivity contribution in [2.45, 2.75) is 25.2 Å². The topological polar surface area (TPSA) is 37.4 Å². The van der Waals surface area contributed by atoms with Gasteiger partial charge in [-0.2, -0.15) is 0 Å². The zero-order chi connectivity index (χ0) is 12.8. The van der Waals surface area contributed by atoms with Crippen LogP contribution in [0.25, 0.3) is 0 Å². The molecule has 1 aromatic rings. The Labute approximate surface area is 106 Å². The number of carbonyl (C=O) groups excluding carboxylic acids is 2. The zero-order valence-corrected chi connectivity index (χ0v) is 11.2. The third-order valence-electron chi connectivity index (χ3n) is 2.31. The van der Waals surface area contributed by atoms with Crippen LogP contribution in [0.5, 0.6) is 0 Å². The number of ketones is 1. The molecule has 0 fully saturated rings. The lowest BCUT2D eigenvalue weighted by molar-refractivity contribution is -0.125. The van der Waals surface area contributed by atoms with Gasteiger partial charge in [0.05, 0.1) is 6.42 Å². The van der Waals surface area contributed by atoms with E-state index in [-0.39, 0.29) is 18.1 Å². The third-order valence-corrected chi connectivity index (χ3v) is 3.20. The van der Waals surface area contributed by atoms with E-state index in [4.69, 9.17) is 0 Å². The minimum Gasteiger partial charge on any atom is -0.315 e. The van der Waals surface area contributed by atoms with Crippen molar-refractivity contribution in [3.05, 3.63) is 24.3 Å². The average molecular weight is 251 g/mol. The highest BCUT2D eigenvalue weighted by atomic mass is 32.2. The molecule has 1 amide bonds. The molecule has 0 bridgehead atoms. The fraction of sp³-hybridized carbons (Fsp3) is 0.385. The summed E-state index contributed by atoms with van der Waals surface area (Å²) in [7, 11) is 1.69. The highest BCUT2D eigenvalue weighted by Gasteiger charge is 2.12. The first-order valence-corrected chi connectivity index (χ1v) is 6.52. The molecular weight excluding hydrogens is 234 g/mol. The van der Waals surface area contributed by atoms with Crippen molar-refractivity contribution in [2.75, 3.05) is 17.7 Å². The molecule has 4 heteroatoms. The average Bonchev–Trinajstić information content (AvgIpc) is 2.28. The Kier molecular flexibility index (Phi) is 5.22. The number of rotatable bonds is 5. The van der Waals surface area contributed by atoms with Crippen LogP contribution in [0.15, 0.2) is 29.2 Å².